The number of nitro groups is 1. The summed E-state index contributed by atoms with van der Waals surface area (Å²) in [6, 6.07) is 0. The van der Waals surface area contributed by atoms with Crippen molar-refractivity contribution in [1.82, 2.24) is 0 Å². The lowest BCUT2D eigenvalue weighted by molar-refractivity contribution is -0.386. The van der Waals surface area contributed by atoms with Crippen molar-refractivity contribution in [1.29, 1.82) is 0 Å². The number of hydrogen-bond acceptors (Lipinski definition) is 2. The Hall–Kier alpha value is -0.420. The van der Waals surface area contributed by atoms with Crippen molar-refractivity contribution in [2.75, 3.05) is 0 Å². The second-order valence-electron chi connectivity index (χ2n) is 5.11. The molecule has 0 aliphatic heterocycles. The summed E-state index contributed by atoms with van der Waals surface area (Å²) in [5.74, 6) is 0. The average Bonchev–Trinajstić information content (AvgIpc) is 2.17. The molecule has 0 saturated carbocycles. The molecule has 0 amide bonds. The van der Waals surface area contributed by atoms with Gasteiger partial charge in [-0.2, -0.15) is 0 Å². The normalized spacial score (nSPS) is 11.7. The van der Waals surface area contributed by atoms with Gasteiger partial charge in [-0.15, -0.1) is 0 Å². The Morgan fingerprint density at radius 3 is 1.88 bits per heavy atom. The van der Waals surface area contributed by atoms with Gasteiger partial charge in [0, 0.05) is 20.1 Å². The van der Waals surface area contributed by atoms with E-state index in [1.165, 1.54) is 0 Å². The zero-order valence-electron chi connectivity index (χ0n) is 10.5. The molecule has 0 aliphatic rings. The van der Waals surface area contributed by atoms with Crippen LogP contribution in [0.25, 0.3) is 0 Å². The molecule has 0 unspecified atom stereocenters. The molecular formula is C12H15Br2NO2. The first-order chi connectivity index (χ1) is 7.59. The van der Waals surface area contributed by atoms with E-state index in [0.717, 1.165) is 20.1 Å². The first-order valence-corrected chi connectivity index (χ1v) is 6.80. The van der Waals surface area contributed by atoms with E-state index >= 15 is 0 Å². The van der Waals surface area contributed by atoms with Crippen LogP contribution in [-0.4, -0.2) is 4.92 Å². The lowest BCUT2D eigenvalue weighted by Gasteiger charge is -2.23. The minimum Gasteiger partial charge on any atom is -0.258 e. The molecule has 17 heavy (non-hydrogen) atoms. The van der Waals surface area contributed by atoms with E-state index in [2.05, 4.69) is 31.9 Å². The topological polar surface area (TPSA) is 43.1 Å². The van der Waals surface area contributed by atoms with E-state index in [1.54, 1.807) is 6.92 Å². The standard InChI is InChI=1S/C12H15Br2NO2/c1-6-9(13)7(2)11(15(16)17)8(10(6)14)12(3,4)5/h1-5H3. The number of halogens is 2. The van der Waals surface area contributed by atoms with Crippen LogP contribution < -0.4 is 0 Å². The lowest BCUT2D eigenvalue weighted by Crippen LogP contribution is -2.16. The van der Waals surface area contributed by atoms with E-state index in [9.17, 15) is 10.1 Å². The van der Waals surface area contributed by atoms with E-state index in [0.29, 0.717) is 5.56 Å². The Kier molecular flexibility index (Phi) is 4.04. The van der Waals surface area contributed by atoms with E-state index < -0.39 is 0 Å². The first kappa shape index (κ1) is 14.6. The van der Waals surface area contributed by atoms with Crippen molar-refractivity contribution in [3.63, 3.8) is 0 Å². The summed E-state index contributed by atoms with van der Waals surface area (Å²) in [6.45, 7) is 9.66. The van der Waals surface area contributed by atoms with Gasteiger partial charge in [-0.25, -0.2) is 0 Å². The molecule has 0 aromatic heterocycles. The minimum atomic E-state index is -0.301. The molecule has 1 aromatic carbocycles. The Balaban J connectivity index is 3.86. The van der Waals surface area contributed by atoms with Crippen LogP contribution in [0.4, 0.5) is 5.69 Å². The second-order valence-corrected chi connectivity index (χ2v) is 6.69. The number of hydrogen-bond donors (Lipinski definition) is 0. The van der Waals surface area contributed by atoms with E-state index in [4.69, 9.17) is 0 Å². The van der Waals surface area contributed by atoms with Crippen LogP contribution in [0.5, 0.6) is 0 Å². The van der Waals surface area contributed by atoms with Gasteiger partial charge < -0.3 is 0 Å². The molecular weight excluding hydrogens is 350 g/mol. The molecule has 0 fully saturated rings. The molecule has 3 nitrogen and oxygen atoms in total. The van der Waals surface area contributed by atoms with Crippen LogP contribution >= 0.6 is 31.9 Å². The van der Waals surface area contributed by atoms with Gasteiger partial charge in [0.25, 0.3) is 5.69 Å². The SMILES string of the molecule is Cc1c(Br)c(C)c([N+](=O)[O-])c(C(C)(C)C)c1Br. The van der Waals surface area contributed by atoms with Crippen LogP contribution in [0.15, 0.2) is 8.95 Å². The van der Waals surface area contributed by atoms with Crippen molar-refractivity contribution in [3.8, 4) is 0 Å². The highest BCUT2D eigenvalue weighted by atomic mass is 79.9. The zero-order valence-corrected chi connectivity index (χ0v) is 13.7. The molecule has 0 atom stereocenters. The maximum atomic E-state index is 11.3. The Morgan fingerprint density at radius 1 is 1.06 bits per heavy atom. The zero-order chi connectivity index (χ0) is 13.5. The largest absolute Gasteiger partial charge is 0.278 e. The van der Waals surface area contributed by atoms with Crippen LogP contribution in [0.1, 0.15) is 37.5 Å². The highest BCUT2D eigenvalue weighted by molar-refractivity contribution is 9.11. The third-order valence-electron chi connectivity index (χ3n) is 2.73. The summed E-state index contributed by atoms with van der Waals surface area (Å²) >= 11 is 6.90. The molecule has 94 valence electrons. The number of nitro benzene ring substituents is 1. The van der Waals surface area contributed by atoms with Crippen LogP contribution in [-0.2, 0) is 5.41 Å². The van der Waals surface area contributed by atoms with Crippen LogP contribution in [0.3, 0.4) is 0 Å². The molecule has 0 aliphatic carbocycles. The molecule has 0 heterocycles. The molecule has 5 heteroatoms. The van der Waals surface area contributed by atoms with Gasteiger partial charge in [0.1, 0.15) is 0 Å². The number of nitrogens with zero attached hydrogens (tertiary/aromatic N) is 1. The summed E-state index contributed by atoms with van der Waals surface area (Å²) in [7, 11) is 0. The summed E-state index contributed by atoms with van der Waals surface area (Å²) in [4.78, 5) is 11.0. The fourth-order valence-electron chi connectivity index (χ4n) is 1.87. The van der Waals surface area contributed by atoms with Crippen molar-refractivity contribution in [2.45, 2.75) is 40.0 Å². The van der Waals surface area contributed by atoms with Gasteiger partial charge in [-0.1, -0.05) is 20.8 Å². The van der Waals surface area contributed by atoms with Crippen molar-refractivity contribution in [2.24, 2.45) is 0 Å². The molecule has 0 saturated heterocycles. The highest BCUT2D eigenvalue weighted by Gasteiger charge is 2.32. The lowest BCUT2D eigenvalue weighted by atomic mass is 9.83. The van der Waals surface area contributed by atoms with Gasteiger partial charge in [0.05, 0.1) is 4.92 Å². The molecule has 0 N–H and O–H groups in total. The predicted molar refractivity (Wildman–Crippen MR) is 76.7 cm³/mol. The Morgan fingerprint density at radius 2 is 1.53 bits per heavy atom. The Labute approximate surface area is 118 Å². The van der Waals surface area contributed by atoms with Crippen molar-refractivity contribution in [3.05, 3.63) is 35.8 Å². The van der Waals surface area contributed by atoms with Gasteiger partial charge in [0.15, 0.2) is 0 Å². The number of benzene rings is 1. The third-order valence-corrected chi connectivity index (χ3v) is 4.91. The summed E-state index contributed by atoms with van der Waals surface area (Å²) in [5.41, 5.74) is 2.35. The van der Waals surface area contributed by atoms with Crippen molar-refractivity contribution >= 4 is 37.5 Å². The average molecular weight is 365 g/mol. The monoisotopic (exact) mass is 363 g/mol. The van der Waals surface area contributed by atoms with Gasteiger partial charge >= 0.3 is 0 Å². The Bertz CT molecular complexity index is 491. The van der Waals surface area contributed by atoms with E-state index in [-0.39, 0.29) is 16.0 Å². The summed E-state index contributed by atoms with van der Waals surface area (Å²) in [5, 5.41) is 11.3. The molecule has 1 aromatic rings. The van der Waals surface area contributed by atoms with Gasteiger partial charge in [-0.3, -0.25) is 10.1 Å². The molecule has 1 rings (SSSR count). The number of rotatable bonds is 1. The molecule has 0 radical (unpaired) electrons. The van der Waals surface area contributed by atoms with E-state index in [1.807, 2.05) is 27.7 Å². The molecule has 0 spiro atoms. The quantitative estimate of drug-likeness (QED) is 0.517. The molecule has 0 bridgehead atoms. The van der Waals surface area contributed by atoms with Crippen LogP contribution in [0.2, 0.25) is 0 Å². The van der Waals surface area contributed by atoms with Crippen LogP contribution in [0, 0.1) is 24.0 Å². The fraction of sp³-hybridized carbons (Fsp3) is 0.500. The maximum Gasteiger partial charge on any atom is 0.278 e. The highest BCUT2D eigenvalue weighted by Crippen LogP contribution is 2.44. The summed E-state index contributed by atoms with van der Waals surface area (Å²) < 4.78 is 1.61. The van der Waals surface area contributed by atoms with Gasteiger partial charge in [-0.05, 0) is 56.7 Å². The predicted octanol–water partition coefficient (Wildman–Crippen LogP) is 5.03. The second kappa shape index (κ2) is 4.69. The first-order valence-electron chi connectivity index (χ1n) is 5.22. The van der Waals surface area contributed by atoms with Crippen molar-refractivity contribution < 1.29 is 4.92 Å². The summed E-state index contributed by atoms with van der Waals surface area (Å²) in [6.07, 6.45) is 0. The minimum absolute atomic E-state index is 0.196. The van der Waals surface area contributed by atoms with Gasteiger partial charge in [0.2, 0.25) is 0 Å². The third kappa shape index (κ3) is 2.55. The maximum absolute atomic E-state index is 11.3. The fourth-order valence-corrected chi connectivity index (χ4v) is 3.51. The smallest absolute Gasteiger partial charge is 0.258 e.